The number of carbonyl (C=O) groups is 1. The van der Waals surface area contributed by atoms with Crippen molar-refractivity contribution >= 4 is 46.3 Å². The number of carbonyl (C=O) groups excluding carboxylic acids is 1. The van der Waals surface area contributed by atoms with Gasteiger partial charge in [0.15, 0.2) is 10.7 Å². The van der Waals surface area contributed by atoms with Gasteiger partial charge in [-0.25, -0.2) is 9.38 Å². The van der Waals surface area contributed by atoms with E-state index in [2.05, 4.69) is 15.9 Å². The number of hydrogen-bond acceptors (Lipinski definition) is 5. The van der Waals surface area contributed by atoms with Crippen LogP contribution in [0.25, 0.3) is 11.9 Å². The summed E-state index contributed by atoms with van der Waals surface area (Å²) in [5, 5.41) is 0.713. The van der Waals surface area contributed by atoms with E-state index in [0.29, 0.717) is 17.0 Å². The molecule has 0 radical (unpaired) electrons. The number of nitrogens with zero attached hydrogens (tertiary/aromatic N) is 3. The number of fused-ring (bicyclic) bond motifs is 1. The highest BCUT2D eigenvalue weighted by Crippen LogP contribution is 2.66. The van der Waals surface area contributed by atoms with Gasteiger partial charge in [-0.2, -0.15) is 0 Å². The molecule has 0 unspecified atom stereocenters. The average molecular weight is 469 g/mol. The number of benzene rings is 1. The van der Waals surface area contributed by atoms with Crippen LogP contribution in [0.15, 0.2) is 41.5 Å². The van der Waals surface area contributed by atoms with Crippen LogP contribution in [-0.4, -0.2) is 39.8 Å². The molecule has 1 amide bonds. The molecule has 3 atom stereocenters. The third-order valence-electron chi connectivity index (χ3n) is 5.91. The molecule has 0 bridgehead atoms. The van der Waals surface area contributed by atoms with Gasteiger partial charge in [-0.15, -0.1) is 6.42 Å². The molecule has 1 saturated carbocycles. The summed E-state index contributed by atoms with van der Waals surface area (Å²) in [7, 11) is 3.44. The van der Waals surface area contributed by atoms with E-state index >= 15 is 0 Å². The van der Waals surface area contributed by atoms with Crippen molar-refractivity contribution in [1.82, 2.24) is 9.88 Å². The fourth-order valence-corrected chi connectivity index (χ4v) is 5.81. The van der Waals surface area contributed by atoms with Gasteiger partial charge in [0, 0.05) is 26.2 Å². The number of aryl methyl sites for hydroxylation is 1. The summed E-state index contributed by atoms with van der Waals surface area (Å²) in [5.74, 6) is 2.11. The molecule has 2 heterocycles. The second-order valence-electron chi connectivity index (χ2n) is 8.24. The number of amidine groups is 1. The zero-order valence-electron chi connectivity index (χ0n) is 17.9. The molecule has 2 aromatic rings. The van der Waals surface area contributed by atoms with E-state index in [1.807, 2.05) is 19.1 Å². The van der Waals surface area contributed by atoms with E-state index in [1.54, 1.807) is 31.1 Å². The van der Waals surface area contributed by atoms with Crippen LogP contribution in [0.3, 0.4) is 0 Å². The van der Waals surface area contributed by atoms with Gasteiger partial charge >= 0.3 is 0 Å². The molecule has 5 nitrogen and oxygen atoms in total. The zero-order valence-corrected chi connectivity index (χ0v) is 19.5. The lowest BCUT2D eigenvalue weighted by atomic mass is 9.81. The van der Waals surface area contributed by atoms with Crippen LogP contribution in [0.1, 0.15) is 28.8 Å². The smallest absolute Gasteiger partial charge is 0.239 e. The molecular weight excluding hydrogens is 447 g/mol. The molecule has 1 aliphatic carbocycles. The monoisotopic (exact) mass is 468 g/mol. The minimum absolute atomic E-state index is 0.0291. The maximum absolute atomic E-state index is 14.8. The van der Waals surface area contributed by atoms with Gasteiger partial charge in [0.05, 0.1) is 10.7 Å². The fourth-order valence-electron chi connectivity index (χ4n) is 4.30. The number of thioether (sulfide) groups is 1. The predicted molar refractivity (Wildman–Crippen MR) is 129 cm³/mol. The third-order valence-corrected chi connectivity index (χ3v) is 7.43. The first-order valence-corrected chi connectivity index (χ1v) is 11.2. The largest absolute Gasteiger partial charge is 0.378 e. The summed E-state index contributed by atoms with van der Waals surface area (Å²) in [6, 6.07) is 8.58. The van der Waals surface area contributed by atoms with Gasteiger partial charge < -0.3 is 10.6 Å². The Morgan fingerprint density at radius 1 is 1.41 bits per heavy atom. The number of rotatable bonds is 4. The van der Waals surface area contributed by atoms with Crippen molar-refractivity contribution in [3.8, 4) is 12.3 Å². The van der Waals surface area contributed by atoms with Gasteiger partial charge in [0.2, 0.25) is 5.91 Å². The van der Waals surface area contributed by atoms with Crippen LogP contribution in [0.4, 0.5) is 4.39 Å². The van der Waals surface area contributed by atoms with Crippen molar-refractivity contribution < 1.29 is 9.18 Å². The lowest BCUT2D eigenvalue weighted by molar-refractivity contribution is -0.129. The van der Waals surface area contributed by atoms with Gasteiger partial charge in [0.1, 0.15) is 10.6 Å². The number of aliphatic imine (C=N–C) groups is 1. The zero-order chi connectivity index (χ0) is 23.3. The molecule has 1 fully saturated rings. The highest BCUT2D eigenvalue weighted by molar-refractivity contribution is 8.15. The Balaban J connectivity index is 1.78. The Labute approximate surface area is 195 Å². The molecule has 164 valence electrons. The second-order valence-corrected chi connectivity index (χ2v) is 10.0. The van der Waals surface area contributed by atoms with Crippen LogP contribution in [0.5, 0.6) is 0 Å². The molecule has 0 saturated heterocycles. The van der Waals surface area contributed by atoms with Crippen LogP contribution in [0.2, 0.25) is 5.02 Å². The normalized spacial score (nSPS) is 26.6. The Bertz CT molecular complexity index is 1200. The summed E-state index contributed by atoms with van der Waals surface area (Å²) in [6.07, 6.45) is 9.41. The number of nitrogens with two attached hydrogens (primary N) is 1. The Morgan fingerprint density at radius 3 is 2.78 bits per heavy atom. The number of terminal acetylenes is 1. The number of aromatic nitrogens is 1. The fraction of sp³-hybridized carbons (Fsp3) is 0.292. The molecule has 0 spiro atoms. The van der Waals surface area contributed by atoms with Crippen molar-refractivity contribution in [2.45, 2.75) is 23.6 Å². The van der Waals surface area contributed by atoms with Crippen molar-refractivity contribution in [2.75, 3.05) is 14.1 Å². The summed E-state index contributed by atoms with van der Waals surface area (Å²) in [5.41, 5.74) is 7.50. The number of pyridine rings is 1. The van der Waals surface area contributed by atoms with E-state index in [9.17, 15) is 9.18 Å². The lowest BCUT2D eigenvalue weighted by Gasteiger charge is -2.34. The van der Waals surface area contributed by atoms with E-state index < -0.39 is 16.1 Å². The van der Waals surface area contributed by atoms with Crippen molar-refractivity contribution in [3.63, 3.8) is 0 Å². The Morgan fingerprint density at radius 2 is 2.16 bits per heavy atom. The number of hydrogen-bond donors (Lipinski definition) is 1. The van der Waals surface area contributed by atoms with Crippen LogP contribution in [0, 0.1) is 25.2 Å². The van der Waals surface area contributed by atoms with E-state index in [0.717, 1.165) is 11.1 Å². The van der Waals surface area contributed by atoms with Crippen molar-refractivity contribution in [1.29, 1.82) is 0 Å². The average Bonchev–Trinajstić information content (AvgIpc) is 3.50. The minimum atomic E-state index is -1.09. The molecule has 2 N–H and O–H groups in total. The quantitative estimate of drug-likeness (QED) is 0.681. The molecular formula is C24H22ClFN4OS. The van der Waals surface area contributed by atoms with Crippen LogP contribution in [-0.2, 0) is 10.3 Å². The minimum Gasteiger partial charge on any atom is -0.378 e. The maximum atomic E-state index is 14.8. The van der Waals surface area contributed by atoms with Gasteiger partial charge in [0.25, 0.3) is 0 Å². The van der Waals surface area contributed by atoms with Gasteiger partial charge in [-0.1, -0.05) is 41.4 Å². The van der Waals surface area contributed by atoms with E-state index in [4.69, 9.17) is 23.8 Å². The van der Waals surface area contributed by atoms with Crippen molar-refractivity contribution in [2.24, 2.45) is 16.6 Å². The highest BCUT2D eigenvalue weighted by Gasteiger charge is 2.72. The van der Waals surface area contributed by atoms with Crippen LogP contribution < -0.4 is 5.73 Å². The predicted octanol–water partition coefficient (Wildman–Crippen LogP) is 4.25. The van der Waals surface area contributed by atoms with Crippen molar-refractivity contribution in [3.05, 3.63) is 63.9 Å². The molecule has 8 heteroatoms. The molecule has 1 aliphatic heterocycles. The molecule has 1 aromatic heterocycles. The molecule has 4 rings (SSSR count). The lowest BCUT2D eigenvalue weighted by Crippen LogP contribution is -2.44. The van der Waals surface area contributed by atoms with Gasteiger partial charge in [-0.3, -0.25) is 9.78 Å². The number of halogens is 2. The Kier molecular flexibility index (Phi) is 5.56. The Hall–Kier alpha value is -2.82. The van der Waals surface area contributed by atoms with Gasteiger partial charge in [-0.05, 0) is 54.3 Å². The van der Waals surface area contributed by atoms with E-state index in [1.165, 1.54) is 30.1 Å². The third kappa shape index (κ3) is 3.58. The summed E-state index contributed by atoms with van der Waals surface area (Å²) >= 11 is 7.12. The summed E-state index contributed by atoms with van der Waals surface area (Å²) < 4.78 is 14.1. The topological polar surface area (TPSA) is 71.6 Å². The first kappa shape index (κ1) is 22.4. The summed E-state index contributed by atoms with van der Waals surface area (Å²) in [6.45, 7) is 1.92. The molecule has 2 aliphatic rings. The first-order chi connectivity index (χ1) is 15.1. The standard InChI is InChI=1S/C24H22ClFN4OS/c1-5-23(20-12-24(20,21(31)30(3)4)32-22(27)29-23)17-10-15(7-6-14(17)2)11-18(26)19-9-8-16(25)13-28-19/h1,6-11,13,20H,12H2,2-4H3,(H2,27,29)/b18-11-/t20-,23+,24-/m0/s1. The first-order valence-electron chi connectivity index (χ1n) is 9.97. The summed E-state index contributed by atoms with van der Waals surface area (Å²) in [4.78, 5) is 23.2. The number of amides is 1. The second kappa shape index (κ2) is 7.95. The maximum Gasteiger partial charge on any atom is 0.239 e. The van der Waals surface area contributed by atoms with E-state index in [-0.39, 0.29) is 22.7 Å². The molecule has 32 heavy (non-hydrogen) atoms. The molecule has 1 aromatic carbocycles. The van der Waals surface area contributed by atoms with Crippen LogP contribution >= 0.6 is 23.4 Å². The SMILES string of the molecule is C#C[C@]1(c2cc(/C=C(\F)c3ccc(Cl)cn3)ccc2C)N=C(N)S[C@@]2(C(=O)N(C)C)C[C@H]21. The highest BCUT2D eigenvalue weighted by atomic mass is 35.5.